The predicted octanol–water partition coefficient (Wildman–Crippen LogP) is 12.0. The maximum absolute atomic E-state index is 14.1. The quantitative estimate of drug-likeness (QED) is 0.185. The Kier molecular flexibility index (Phi) is 6.06. The van der Waals surface area contributed by atoms with Crippen molar-refractivity contribution in [3.63, 3.8) is 0 Å². The highest BCUT2D eigenvalue weighted by atomic mass is 16.1. The first-order valence-corrected chi connectivity index (χ1v) is 17.9. The van der Waals surface area contributed by atoms with E-state index in [-0.39, 0.29) is 5.78 Å². The summed E-state index contributed by atoms with van der Waals surface area (Å²) in [5, 5.41) is 2.42. The van der Waals surface area contributed by atoms with Gasteiger partial charge in [-0.3, -0.25) is 4.79 Å². The summed E-state index contributed by atoms with van der Waals surface area (Å²) >= 11 is 0. The van der Waals surface area contributed by atoms with Crippen LogP contribution in [-0.4, -0.2) is 10.4 Å². The predicted molar refractivity (Wildman–Crippen MR) is 212 cm³/mol. The van der Waals surface area contributed by atoms with Crippen molar-refractivity contribution >= 4 is 27.6 Å². The lowest BCUT2D eigenvalue weighted by Gasteiger charge is -2.39. The van der Waals surface area contributed by atoms with Crippen LogP contribution >= 0.6 is 0 Å². The molecule has 11 rings (SSSR count). The Morgan fingerprint density at radius 3 is 1.46 bits per heavy atom. The zero-order valence-electron chi connectivity index (χ0n) is 28.3. The van der Waals surface area contributed by atoms with E-state index >= 15 is 0 Å². The first-order chi connectivity index (χ1) is 25.7. The monoisotopic (exact) mass is 661 g/mol. The molecule has 0 fully saturated rings. The number of carbonyl (C=O) groups is 1. The van der Waals surface area contributed by atoms with Crippen molar-refractivity contribution in [1.82, 2.24) is 4.57 Å². The van der Waals surface area contributed by atoms with E-state index in [9.17, 15) is 4.79 Å². The first-order valence-electron chi connectivity index (χ1n) is 17.9. The van der Waals surface area contributed by atoms with E-state index < -0.39 is 5.41 Å². The number of para-hydroxylation sites is 1. The molecule has 0 saturated heterocycles. The Bertz CT molecular complexity index is 2810. The van der Waals surface area contributed by atoms with Crippen LogP contribution < -0.4 is 0 Å². The van der Waals surface area contributed by atoms with Crippen LogP contribution in [0.4, 0.5) is 0 Å². The van der Waals surface area contributed by atoms with Gasteiger partial charge in [0.2, 0.25) is 0 Å². The Morgan fingerprint density at radius 1 is 0.346 bits per heavy atom. The zero-order chi connectivity index (χ0) is 34.4. The fourth-order valence-corrected chi connectivity index (χ4v) is 9.24. The standard InChI is InChI=1S/C50H31NO/c52-49-39-21-8-12-24-44(39)50(45-25-13-9-22-40(45)49)43-23-11-7-19-37(43)41-30-42-38-20-10-14-26-47(38)51(48(42)31-46(41)50)36-28-34(32-15-3-1-4-16-32)27-35(29-36)33-17-5-2-6-18-33/h1-31H. The third-order valence-electron chi connectivity index (χ3n) is 11.4. The van der Waals surface area contributed by atoms with Gasteiger partial charge in [-0.05, 0) is 92.0 Å². The average Bonchev–Trinajstić information content (AvgIpc) is 3.69. The second-order valence-electron chi connectivity index (χ2n) is 14.0. The molecule has 2 aliphatic rings. The van der Waals surface area contributed by atoms with Crippen molar-refractivity contribution < 1.29 is 4.79 Å². The van der Waals surface area contributed by atoms with Crippen LogP contribution in [0.15, 0.2) is 188 Å². The van der Waals surface area contributed by atoms with E-state index in [0.717, 1.165) is 39.0 Å². The second kappa shape index (κ2) is 10.9. The van der Waals surface area contributed by atoms with Gasteiger partial charge in [-0.1, -0.05) is 152 Å². The van der Waals surface area contributed by atoms with E-state index in [1.807, 2.05) is 24.3 Å². The third kappa shape index (κ3) is 3.87. The van der Waals surface area contributed by atoms with Crippen LogP contribution in [0.25, 0.3) is 60.9 Å². The van der Waals surface area contributed by atoms with Gasteiger partial charge >= 0.3 is 0 Å². The molecular formula is C50H31NO. The van der Waals surface area contributed by atoms with Gasteiger partial charge in [-0.15, -0.1) is 0 Å². The van der Waals surface area contributed by atoms with E-state index in [0.29, 0.717) is 0 Å². The lowest BCUT2D eigenvalue weighted by Crippen LogP contribution is -2.36. The Morgan fingerprint density at radius 2 is 0.846 bits per heavy atom. The summed E-state index contributed by atoms with van der Waals surface area (Å²) in [6, 6.07) is 67.2. The molecule has 2 nitrogen and oxygen atoms in total. The molecular weight excluding hydrogens is 631 g/mol. The van der Waals surface area contributed by atoms with Gasteiger partial charge in [0.05, 0.1) is 16.4 Å². The highest BCUT2D eigenvalue weighted by molar-refractivity contribution is 6.16. The maximum atomic E-state index is 14.1. The highest BCUT2D eigenvalue weighted by Gasteiger charge is 2.51. The molecule has 0 bridgehead atoms. The van der Waals surface area contributed by atoms with Crippen molar-refractivity contribution in [2.45, 2.75) is 5.41 Å². The molecule has 1 spiro atoms. The Labute approximate surface area is 301 Å². The molecule has 242 valence electrons. The number of fused-ring (bicyclic) bond motifs is 12. The van der Waals surface area contributed by atoms with Gasteiger partial charge < -0.3 is 4.57 Å². The number of benzene rings is 8. The molecule has 2 aliphatic carbocycles. The van der Waals surface area contributed by atoms with Gasteiger partial charge in [0.1, 0.15) is 0 Å². The van der Waals surface area contributed by atoms with E-state index in [4.69, 9.17) is 0 Å². The summed E-state index contributed by atoms with van der Waals surface area (Å²) in [5.74, 6) is 0.0871. The van der Waals surface area contributed by atoms with Crippen molar-refractivity contribution in [3.05, 3.63) is 221 Å². The third-order valence-corrected chi connectivity index (χ3v) is 11.4. The normalized spacial score (nSPS) is 13.6. The van der Waals surface area contributed by atoms with Crippen molar-refractivity contribution in [1.29, 1.82) is 0 Å². The lowest BCUT2D eigenvalue weighted by atomic mass is 9.61. The molecule has 0 atom stereocenters. The summed E-state index contributed by atoms with van der Waals surface area (Å²) in [4.78, 5) is 14.1. The van der Waals surface area contributed by atoms with Crippen LogP contribution in [0.3, 0.4) is 0 Å². The molecule has 0 amide bonds. The van der Waals surface area contributed by atoms with Gasteiger partial charge in [0.25, 0.3) is 0 Å². The number of aromatic nitrogens is 1. The van der Waals surface area contributed by atoms with E-state index in [1.165, 1.54) is 55.3 Å². The van der Waals surface area contributed by atoms with Crippen LogP contribution in [0, 0.1) is 0 Å². The van der Waals surface area contributed by atoms with Crippen molar-refractivity contribution in [3.8, 4) is 39.1 Å². The Balaban J connectivity index is 1.28. The summed E-state index contributed by atoms with van der Waals surface area (Å²) in [6.07, 6.45) is 0. The maximum Gasteiger partial charge on any atom is 0.193 e. The minimum Gasteiger partial charge on any atom is -0.309 e. The number of ketones is 1. The lowest BCUT2D eigenvalue weighted by molar-refractivity contribution is 0.103. The molecule has 0 unspecified atom stereocenters. The summed E-state index contributed by atoms with van der Waals surface area (Å²) < 4.78 is 2.45. The number of rotatable bonds is 3. The van der Waals surface area contributed by atoms with E-state index in [1.54, 1.807) is 0 Å². The molecule has 0 aliphatic heterocycles. The zero-order valence-corrected chi connectivity index (χ0v) is 28.3. The number of nitrogens with zero attached hydrogens (tertiary/aromatic N) is 1. The van der Waals surface area contributed by atoms with Crippen LogP contribution in [-0.2, 0) is 5.41 Å². The molecule has 1 heterocycles. The van der Waals surface area contributed by atoms with Gasteiger partial charge in [-0.25, -0.2) is 0 Å². The molecule has 1 aromatic heterocycles. The smallest absolute Gasteiger partial charge is 0.193 e. The minimum atomic E-state index is -0.649. The Hall–Kier alpha value is -6.77. The molecule has 52 heavy (non-hydrogen) atoms. The fraction of sp³-hybridized carbons (Fsp3) is 0.0200. The first kappa shape index (κ1) is 29.0. The van der Waals surface area contributed by atoms with Gasteiger partial charge in [0, 0.05) is 27.6 Å². The van der Waals surface area contributed by atoms with Crippen molar-refractivity contribution in [2.75, 3.05) is 0 Å². The fourth-order valence-electron chi connectivity index (χ4n) is 9.24. The topological polar surface area (TPSA) is 22.0 Å². The summed E-state index contributed by atoms with van der Waals surface area (Å²) in [6.45, 7) is 0. The molecule has 2 heteroatoms. The SMILES string of the molecule is O=C1c2ccccc2C2(c3ccccc31)c1ccccc1-c1cc3c4ccccc4n(-c4cc(-c5ccccc5)cc(-c5ccccc5)c4)c3cc12. The second-order valence-corrected chi connectivity index (χ2v) is 14.0. The van der Waals surface area contributed by atoms with E-state index in [2.05, 4.69) is 168 Å². The molecule has 9 aromatic rings. The number of hydrogen-bond acceptors (Lipinski definition) is 1. The molecule has 0 radical (unpaired) electrons. The minimum absolute atomic E-state index is 0.0871. The number of carbonyl (C=O) groups excluding carboxylic acids is 1. The number of hydrogen-bond donors (Lipinski definition) is 0. The molecule has 8 aromatic carbocycles. The molecule has 0 saturated carbocycles. The van der Waals surface area contributed by atoms with Crippen LogP contribution in [0.5, 0.6) is 0 Å². The van der Waals surface area contributed by atoms with Gasteiger partial charge in [-0.2, -0.15) is 0 Å². The summed E-state index contributed by atoms with van der Waals surface area (Å²) in [7, 11) is 0. The van der Waals surface area contributed by atoms with Gasteiger partial charge in [0.15, 0.2) is 5.78 Å². The van der Waals surface area contributed by atoms with Crippen LogP contribution in [0.1, 0.15) is 38.2 Å². The van der Waals surface area contributed by atoms with Crippen LogP contribution in [0.2, 0.25) is 0 Å². The van der Waals surface area contributed by atoms with Crippen molar-refractivity contribution in [2.24, 2.45) is 0 Å². The molecule has 0 N–H and O–H groups in total. The largest absolute Gasteiger partial charge is 0.309 e. The summed E-state index contributed by atoms with van der Waals surface area (Å²) in [5.41, 5.74) is 15.9. The average molecular weight is 662 g/mol. The highest BCUT2D eigenvalue weighted by Crippen LogP contribution is 2.60.